The zero-order valence-corrected chi connectivity index (χ0v) is 12.7. The SMILES string of the molecule is COc1cccc(C(=O)Nc2nc3cc4c(cc3[nH]2)OC(F)(F)O4)n1. The fourth-order valence-corrected chi connectivity index (χ4v) is 2.34. The van der Waals surface area contributed by atoms with Gasteiger partial charge in [0.05, 0.1) is 18.1 Å². The van der Waals surface area contributed by atoms with Gasteiger partial charge in [0.25, 0.3) is 5.91 Å². The number of halogens is 2. The quantitative estimate of drug-likeness (QED) is 0.755. The number of carbonyl (C=O) groups is 1. The number of pyridine rings is 1. The summed E-state index contributed by atoms with van der Waals surface area (Å²) in [6.07, 6.45) is -3.70. The van der Waals surface area contributed by atoms with E-state index in [-0.39, 0.29) is 23.1 Å². The molecule has 0 atom stereocenters. The van der Waals surface area contributed by atoms with Crippen molar-refractivity contribution >= 4 is 22.9 Å². The maximum atomic E-state index is 13.0. The van der Waals surface area contributed by atoms with Gasteiger partial charge in [0.15, 0.2) is 11.5 Å². The highest BCUT2D eigenvalue weighted by Crippen LogP contribution is 2.42. The number of benzene rings is 1. The Balaban J connectivity index is 1.59. The molecule has 3 aromatic rings. The summed E-state index contributed by atoms with van der Waals surface area (Å²) < 4.78 is 39.8. The van der Waals surface area contributed by atoms with Gasteiger partial charge >= 0.3 is 6.29 Å². The van der Waals surface area contributed by atoms with Crippen LogP contribution in [0.4, 0.5) is 14.7 Å². The second kappa shape index (κ2) is 5.30. The smallest absolute Gasteiger partial charge is 0.481 e. The van der Waals surface area contributed by atoms with E-state index in [1.165, 1.54) is 25.3 Å². The predicted molar refractivity (Wildman–Crippen MR) is 81.0 cm³/mol. The van der Waals surface area contributed by atoms with Gasteiger partial charge in [0, 0.05) is 18.2 Å². The number of H-pyrrole nitrogens is 1. The van der Waals surface area contributed by atoms with E-state index in [1.807, 2.05) is 0 Å². The van der Waals surface area contributed by atoms with Crippen molar-refractivity contribution in [2.75, 3.05) is 12.4 Å². The summed E-state index contributed by atoms with van der Waals surface area (Å²) in [4.78, 5) is 23.1. The van der Waals surface area contributed by atoms with Crippen molar-refractivity contribution in [1.82, 2.24) is 15.0 Å². The van der Waals surface area contributed by atoms with Crippen molar-refractivity contribution < 1.29 is 27.8 Å². The van der Waals surface area contributed by atoms with E-state index >= 15 is 0 Å². The number of nitrogens with one attached hydrogen (secondary N) is 2. The van der Waals surface area contributed by atoms with Gasteiger partial charge in [0.2, 0.25) is 11.8 Å². The summed E-state index contributed by atoms with van der Waals surface area (Å²) >= 11 is 0. The van der Waals surface area contributed by atoms with Crippen molar-refractivity contribution in [3.8, 4) is 17.4 Å². The fraction of sp³-hybridized carbons (Fsp3) is 0.133. The molecular formula is C15H10F2N4O4. The molecule has 0 saturated carbocycles. The molecule has 0 spiro atoms. The molecule has 0 fully saturated rings. The van der Waals surface area contributed by atoms with E-state index in [4.69, 9.17) is 4.74 Å². The average molecular weight is 348 g/mol. The number of aromatic amines is 1. The Morgan fingerprint density at radius 3 is 2.76 bits per heavy atom. The Morgan fingerprint density at radius 1 is 1.24 bits per heavy atom. The monoisotopic (exact) mass is 348 g/mol. The number of ether oxygens (including phenoxy) is 3. The Morgan fingerprint density at radius 2 is 2.00 bits per heavy atom. The molecule has 2 N–H and O–H groups in total. The Kier molecular flexibility index (Phi) is 3.20. The third-order valence-corrected chi connectivity index (χ3v) is 3.40. The van der Waals surface area contributed by atoms with E-state index in [2.05, 4.69) is 29.7 Å². The number of fused-ring (bicyclic) bond motifs is 2. The van der Waals surface area contributed by atoms with Crippen molar-refractivity contribution in [2.45, 2.75) is 6.29 Å². The summed E-state index contributed by atoms with van der Waals surface area (Å²) in [5, 5.41) is 2.54. The lowest BCUT2D eigenvalue weighted by molar-refractivity contribution is -0.286. The second-order valence-corrected chi connectivity index (χ2v) is 5.09. The van der Waals surface area contributed by atoms with Gasteiger partial charge in [-0.3, -0.25) is 10.1 Å². The largest absolute Gasteiger partial charge is 0.586 e. The maximum Gasteiger partial charge on any atom is 0.586 e. The number of hydrogen-bond donors (Lipinski definition) is 2. The standard InChI is InChI=1S/C15H10F2N4O4/c1-23-12-4-2-3-7(18-12)13(22)21-14-19-8-5-10-11(6-9(8)20-14)25-15(16,17)24-10/h2-6H,1H3,(H2,19,20,21,22). The van der Waals surface area contributed by atoms with E-state index < -0.39 is 12.2 Å². The first-order valence-electron chi connectivity index (χ1n) is 7.05. The lowest BCUT2D eigenvalue weighted by Gasteiger charge is -2.04. The van der Waals surface area contributed by atoms with Crippen LogP contribution in [0, 0.1) is 0 Å². The molecule has 2 aromatic heterocycles. The molecule has 0 unspecified atom stereocenters. The molecule has 0 aliphatic carbocycles. The topological polar surface area (TPSA) is 98.4 Å². The van der Waals surface area contributed by atoms with Gasteiger partial charge in [-0.2, -0.15) is 0 Å². The highest BCUT2D eigenvalue weighted by molar-refractivity contribution is 6.02. The van der Waals surface area contributed by atoms with E-state index in [0.717, 1.165) is 0 Å². The van der Waals surface area contributed by atoms with Gasteiger partial charge in [-0.05, 0) is 6.07 Å². The van der Waals surface area contributed by atoms with Crippen molar-refractivity contribution in [3.63, 3.8) is 0 Å². The third-order valence-electron chi connectivity index (χ3n) is 3.40. The van der Waals surface area contributed by atoms with Crippen LogP contribution < -0.4 is 19.5 Å². The second-order valence-electron chi connectivity index (χ2n) is 5.09. The van der Waals surface area contributed by atoms with Gasteiger partial charge in [-0.25, -0.2) is 9.97 Å². The van der Waals surface area contributed by atoms with Gasteiger partial charge < -0.3 is 19.2 Å². The number of imidazole rings is 1. The summed E-state index contributed by atoms with van der Waals surface area (Å²) in [7, 11) is 1.44. The van der Waals surface area contributed by atoms with Crippen molar-refractivity contribution in [1.29, 1.82) is 0 Å². The zero-order valence-electron chi connectivity index (χ0n) is 12.7. The number of carbonyl (C=O) groups excluding carboxylic acids is 1. The molecule has 1 aliphatic rings. The number of amides is 1. The Hall–Kier alpha value is -3.43. The van der Waals surface area contributed by atoms with Crippen LogP contribution >= 0.6 is 0 Å². The van der Waals surface area contributed by atoms with Crippen LogP contribution in [0.5, 0.6) is 17.4 Å². The van der Waals surface area contributed by atoms with Crippen LogP contribution in [0.2, 0.25) is 0 Å². The van der Waals surface area contributed by atoms with Crippen LogP contribution in [-0.2, 0) is 0 Å². The van der Waals surface area contributed by atoms with Crippen LogP contribution in [0.25, 0.3) is 11.0 Å². The summed E-state index contributed by atoms with van der Waals surface area (Å²) in [5.74, 6) is -0.335. The summed E-state index contributed by atoms with van der Waals surface area (Å²) in [6.45, 7) is 0. The Labute approximate surface area is 138 Å². The Bertz CT molecular complexity index is 944. The highest BCUT2D eigenvalue weighted by atomic mass is 19.3. The van der Waals surface area contributed by atoms with Crippen LogP contribution in [0.3, 0.4) is 0 Å². The number of aromatic nitrogens is 3. The fourth-order valence-electron chi connectivity index (χ4n) is 2.34. The molecule has 3 heterocycles. The molecule has 25 heavy (non-hydrogen) atoms. The molecule has 1 aromatic carbocycles. The summed E-state index contributed by atoms with van der Waals surface area (Å²) in [5.41, 5.74) is 0.858. The van der Waals surface area contributed by atoms with Gasteiger partial charge in [-0.15, -0.1) is 8.78 Å². The number of methoxy groups -OCH3 is 1. The zero-order chi connectivity index (χ0) is 17.6. The molecule has 10 heteroatoms. The van der Waals surface area contributed by atoms with E-state index in [9.17, 15) is 13.6 Å². The molecule has 1 aliphatic heterocycles. The predicted octanol–water partition coefficient (Wildman–Crippen LogP) is 2.54. The molecule has 0 radical (unpaired) electrons. The minimum Gasteiger partial charge on any atom is -0.481 e. The van der Waals surface area contributed by atoms with E-state index in [0.29, 0.717) is 16.9 Å². The molecule has 4 rings (SSSR count). The number of anilines is 1. The number of rotatable bonds is 3. The lowest BCUT2D eigenvalue weighted by atomic mass is 10.3. The molecule has 1 amide bonds. The number of hydrogen-bond acceptors (Lipinski definition) is 6. The normalized spacial score (nSPS) is 14.5. The third kappa shape index (κ3) is 2.77. The first kappa shape index (κ1) is 15.1. The first-order chi connectivity index (χ1) is 11.9. The average Bonchev–Trinajstić information content (AvgIpc) is 3.09. The first-order valence-corrected chi connectivity index (χ1v) is 7.05. The van der Waals surface area contributed by atoms with Crippen LogP contribution in [0.1, 0.15) is 10.5 Å². The molecule has 128 valence electrons. The minimum atomic E-state index is -3.70. The number of alkyl halides is 2. The number of nitrogens with zero attached hydrogens (tertiary/aromatic N) is 2. The van der Waals surface area contributed by atoms with Gasteiger partial charge in [0.1, 0.15) is 5.69 Å². The molecule has 0 bridgehead atoms. The lowest BCUT2D eigenvalue weighted by Crippen LogP contribution is -2.25. The van der Waals surface area contributed by atoms with Crippen molar-refractivity contribution in [3.05, 3.63) is 36.0 Å². The highest BCUT2D eigenvalue weighted by Gasteiger charge is 2.43. The summed E-state index contributed by atoms with van der Waals surface area (Å²) in [6, 6.07) is 7.35. The minimum absolute atomic E-state index is 0.117. The maximum absolute atomic E-state index is 13.0. The molecular weight excluding hydrogens is 338 g/mol. The van der Waals surface area contributed by atoms with E-state index in [1.54, 1.807) is 12.1 Å². The van der Waals surface area contributed by atoms with Crippen LogP contribution in [0.15, 0.2) is 30.3 Å². The van der Waals surface area contributed by atoms with Gasteiger partial charge in [-0.1, -0.05) is 6.07 Å². The molecule has 8 nitrogen and oxygen atoms in total. The van der Waals surface area contributed by atoms with Crippen molar-refractivity contribution in [2.24, 2.45) is 0 Å². The molecule has 0 saturated heterocycles. The van der Waals surface area contributed by atoms with Crippen LogP contribution in [-0.4, -0.2) is 34.3 Å².